The lowest BCUT2D eigenvalue weighted by Gasteiger charge is -2.09. The van der Waals surface area contributed by atoms with Gasteiger partial charge in [0, 0.05) is 5.56 Å². The van der Waals surface area contributed by atoms with Gasteiger partial charge in [0.15, 0.2) is 0 Å². The highest BCUT2D eigenvalue weighted by Gasteiger charge is 2.23. The molecule has 2 rings (SSSR count). The van der Waals surface area contributed by atoms with E-state index in [0.717, 1.165) is 11.3 Å². The van der Waals surface area contributed by atoms with Gasteiger partial charge in [-0.05, 0) is 6.07 Å². The van der Waals surface area contributed by atoms with Crippen LogP contribution in [0.4, 0.5) is 0 Å². The van der Waals surface area contributed by atoms with Crippen molar-refractivity contribution in [3.63, 3.8) is 0 Å². The Morgan fingerprint density at radius 1 is 1.60 bits per heavy atom. The first-order chi connectivity index (χ1) is 7.31. The molecule has 0 radical (unpaired) electrons. The van der Waals surface area contributed by atoms with Crippen molar-refractivity contribution in [1.29, 1.82) is 0 Å². The first-order valence-electron chi connectivity index (χ1n) is 4.83. The number of carbonyl (C=O) groups is 1. The molecule has 1 aliphatic rings. The number of fused-ring (bicyclic) bond motifs is 1. The minimum Gasteiger partial charge on any atom is -0.491 e. The van der Waals surface area contributed by atoms with Gasteiger partial charge < -0.3 is 9.47 Å². The van der Waals surface area contributed by atoms with Crippen LogP contribution in [0.3, 0.4) is 0 Å². The van der Waals surface area contributed by atoms with Crippen LogP contribution in [-0.4, -0.2) is 26.2 Å². The monoisotopic (exact) mass is 207 g/mol. The number of rotatable bonds is 3. The summed E-state index contributed by atoms with van der Waals surface area (Å²) in [6, 6.07) is 7.90. The summed E-state index contributed by atoms with van der Waals surface area (Å²) in [7, 11) is 1.38. The van der Waals surface area contributed by atoms with Crippen molar-refractivity contribution in [3.05, 3.63) is 29.8 Å². The van der Waals surface area contributed by atoms with Gasteiger partial charge in [-0.25, -0.2) is 0 Å². The van der Waals surface area contributed by atoms with Crippen molar-refractivity contribution in [2.75, 3.05) is 20.3 Å². The van der Waals surface area contributed by atoms with Crippen molar-refractivity contribution in [2.24, 2.45) is 0 Å². The molecular formula is C11H13NO3. The molecule has 0 fully saturated rings. The van der Waals surface area contributed by atoms with E-state index in [-0.39, 0.29) is 18.6 Å². The third-order valence-corrected chi connectivity index (χ3v) is 2.42. The van der Waals surface area contributed by atoms with Gasteiger partial charge >= 0.3 is 5.97 Å². The fourth-order valence-corrected chi connectivity index (χ4v) is 1.61. The number of hydrogen-bond donors (Lipinski definition) is 1. The number of para-hydroxylation sites is 1. The van der Waals surface area contributed by atoms with E-state index in [4.69, 9.17) is 4.74 Å². The summed E-state index contributed by atoms with van der Waals surface area (Å²) in [5.41, 5.74) is 1.10. The van der Waals surface area contributed by atoms with E-state index in [9.17, 15) is 4.79 Å². The zero-order valence-corrected chi connectivity index (χ0v) is 8.53. The molecule has 1 aliphatic heterocycles. The number of ether oxygens (including phenoxy) is 2. The highest BCUT2D eigenvalue weighted by atomic mass is 16.5. The molecule has 0 saturated heterocycles. The van der Waals surface area contributed by atoms with Crippen LogP contribution < -0.4 is 10.1 Å². The predicted octanol–water partition coefficient (Wildman–Crippen LogP) is 0.883. The molecule has 1 atom stereocenters. The van der Waals surface area contributed by atoms with Crippen LogP contribution in [0.25, 0.3) is 0 Å². The zero-order chi connectivity index (χ0) is 10.7. The first kappa shape index (κ1) is 9.98. The fourth-order valence-electron chi connectivity index (χ4n) is 1.61. The summed E-state index contributed by atoms with van der Waals surface area (Å²) in [5.74, 6) is 0.624. The first-order valence-corrected chi connectivity index (χ1v) is 4.83. The summed E-state index contributed by atoms with van der Waals surface area (Å²) in [6.07, 6.45) is 0. The fraction of sp³-hybridized carbons (Fsp3) is 0.364. The maximum atomic E-state index is 11.0. The van der Waals surface area contributed by atoms with Crippen molar-refractivity contribution >= 4 is 5.97 Å². The number of esters is 1. The molecule has 1 aromatic rings. The molecular weight excluding hydrogens is 194 g/mol. The molecule has 80 valence electrons. The molecule has 4 nitrogen and oxygen atoms in total. The van der Waals surface area contributed by atoms with Gasteiger partial charge in [-0.1, -0.05) is 18.2 Å². The lowest BCUT2D eigenvalue weighted by molar-refractivity contribution is -0.139. The molecule has 1 unspecified atom stereocenters. The Hall–Kier alpha value is -1.55. The van der Waals surface area contributed by atoms with Crippen LogP contribution in [0.1, 0.15) is 11.6 Å². The Morgan fingerprint density at radius 2 is 2.40 bits per heavy atom. The van der Waals surface area contributed by atoms with Gasteiger partial charge in [0.25, 0.3) is 0 Å². The quantitative estimate of drug-likeness (QED) is 0.747. The summed E-state index contributed by atoms with van der Waals surface area (Å²) in [5, 5.41) is 3.09. The van der Waals surface area contributed by atoms with Crippen LogP contribution in [0, 0.1) is 0 Å². The second-order valence-electron chi connectivity index (χ2n) is 3.36. The summed E-state index contributed by atoms with van der Waals surface area (Å²) in [6.45, 7) is 0.773. The van der Waals surface area contributed by atoms with Crippen LogP contribution in [0.5, 0.6) is 5.75 Å². The Balaban J connectivity index is 1.99. The average molecular weight is 207 g/mol. The normalized spacial score (nSPS) is 18.1. The molecule has 0 saturated carbocycles. The molecule has 0 bridgehead atoms. The van der Waals surface area contributed by atoms with Gasteiger partial charge in [-0.3, -0.25) is 10.1 Å². The van der Waals surface area contributed by atoms with Gasteiger partial charge in [0.05, 0.1) is 19.7 Å². The lowest BCUT2D eigenvalue weighted by Crippen LogP contribution is -2.29. The average Bonchev–Trinajstić information content (AvgIpc) is 2.69. The van der Waals surface area contributed by atoms with Crippen LogP contribution in [0.2, 0.25) is 0 Å². The van der Waals surface area contributed by atoms with Crippen molar-refractivity contribution in [1.82, 2.24) is 5.32 Å². The number of benzene rings is 1. The molecule has 15 heavy (non-hydrogen) atoms. The van der Waals surface area contributed by atoms with Gasteiger partial charge in [0.1, 0.15) is 12.4 Å². The third-order valence-electron chi connectivity index (χ3n) is 2.42. The van der Waals surface area contributed by atoms with Gasteiger partial charge in [-0.15, -0.1) is 0 Å². The highest BCUT2D eigenvalue weighted by molar-refractivity contribution is 5.71. The van der Waals surface area contributed by atoms with Crippen molar-refractivity contribution < 1.29 is 14.3 Å². The minimum absolute atomic E-state index is 0.0836. The van der Waals surface area contributed by atoms with E-state index in [1.54, 1.807) is 0 Å². The summed E-state index contributed by atoms with van der Waals surface area (Å²) in [4.78, 5) is 11.0. The van der Waals surface area contributed by atoms with E-state index < -0.39 is 0 Å². The topological polar surface area (TPSA) is 47.6 Å². The Kier molecular flexibility index (Phi) is 2.87. The second-order valence-corrected chi connectivity index (χ2v) is 3.36. The van der Waals surface area contributed by atoms with Crippen LogP contribution in [-0.2, 0) is 9.53 Å². The lowest BCUT2D eigenvalue weighted by atomic mass is 10.1. The second kappa shape index (κ2) is 4.31. The molecule has 1 aromatic carbocycles. The largest absolute Gasteiger partial charge is 0.491 e. The summed E-state index contributed by atoms with van der Waals surface area (Å²) >= 11 is 0. The standard InChI is InChI=1S/C11H13NO3/c1-14-11(13)6-12-9-7-15-10-5-3-2-4-8(9)10/h2-5,9,12H,6-7H2,1H3. The van der Waals surface area contributed by atoms with Crippen LogP contribution in [0.15, 0.2) is 24.3 Å². The van der Waals surface area contributed by atoms with Crippen LogP contribution >= 0.6 is 0 Å². The molecule has 1 N–H and O–H groups in total. The number of nitrogens with one attached hydrogen (secondary N) is 1. The Bertz CT molecular complexity index is 365. The Labute approximate surface area is 88.2 Å². The van der Waals surface area contributed by atoms with E-state index in [1.165, 1.54) is 7.11 Å². The van der Waals surface area contributed by atoms with Gasteiger partial charge in [0.2, 0.25) is 0 Å². The molecule has 0 amide bonds. The maximum absolute atomic E-state index is 11.0. The molecule has 4 heteroatoms. The molecule has 0 aliphatic carbocycles. The predicted molar refractivity (Wildman–Crippen MR) is 54.7 cm³/mol. The highest BCUT2D eigenvalue weighted by Crippen LogP contribution is 2.31. The number of carbonyl (C=O) groups excluding carboxylic acids is 1. The SMILES string of the molecule is COC(=O)CNC1COc2ccccc21. The minimum atomic E-state index is -0.264. The molecule has 0 aromatic heterocycles. The number of hydrogen-bond acceptors (Lipinski definition) is 4. The molecule has 1 heterocycles. The summed E-state index contributed by atoms with van der Waals surface area (Å²) < 4.78 is 10.0. The smallest absolute Gasteiger partial charge is 0.319 e. The number of methoxy groups -OCH3 is 1. The van der Waals surface area contributed by atoms with E-state index in [1.807, 2.05) is 24.3 Å². The zero-order valence-electron chi connectivity index (χ0n) is 8.53. The van der Waals surface area contributed by atoms with E-state index >= 15 is 0 Å². The van der Waals surface area contributed by atoms with Crippen molar-refractivity contribution in [3.8, 4) is 5.75 Å². The molecule has 0 spiro atoms. The van der Waals surface area contributed by atoms with Gasteiger partial charge in [-0.2, -0.15) is 0 Å². The van der Waals surface area contributed by atoms with Crippen molar-refractivity contribution in [2.45, 2.75) is 6.04 Å². The third kappa shape index (κ3) is 2.10. The Morgan fingerprint density at radius 3 is 3.20 bits per heavy atom. The van der Waals surface area contributed by atoms with E-state index in [2.05, 4.69) is 10.1 Å². The maximum Gasteiger partial charge on any atom is 0.319 e. The van der Waals surface area contributed by atoms with E-state index in [0.29, 0.717) is 6.61 Å².